The lowest BCUT2D eigenvalue weighted by Crippen LogP contribution is -2.34. The molecule has 0 aliphatic carbocycles. The van der Waals surface area contributed by atoms with Gasteiger partial charge in [-0.2, -0.15) is 0 Å². The lowest BCUT2D eigenvalue weighted by atomic mass is 10.0. The maximum absolute atomic E-state index is 5.55. The van der Waals surface area contributed by atoms with E-state index < -0.39 is 0 Å². The summed E-state index contributed by atoms with van der Waals surface area (Å²) in [6, 6.07) is 9.61. The van der Waals surface area contributed by atoms with Crippen molar-refractivity contribution in [1.29, 1.82) is 0 Å². The van der Waals surface area contributed by atoms with Crippen molar-refractivity contribution in [2.24, 2.45) is 5.73 Å². The average Bonchev–Trinajstić information content (AvgIpc) is 2.50. The third kappa shape index (κ3) is 6.04. The Morgan fingerprint density at radius 3 is 2.15 bits per heavy atom. The summed E-state index contributed by atoms with van der Waals surface area (Å²) in [6.07, 6.45) is 2.23. The summed E-state index contributed by atoms with van der Waals surface area (Å²) in [6.45, 7) is 11.5. The van der Waals surface area contributed by atoms with E-state index >= 15 is 0 Å². The quantitative estimate of drug-likeness (QED) is 0.690. The smallest absolute Gasteiger partial charge is 0.0233 e. The Labute approximate surface area is 124 Å². The van der Waals surface area contributed by atoms with E-state index in [9.17, 15) is 0 Å². The van der Waals surface area contributed by atoms with Crippen LogP contribution in [0, 0.1) is 0 Å². The first kappa shape index (κ1) is 17.2. The van der Waals surface area contributed by atoms with Gasteiger partial charge in [0.25, 0.3) is 0 Å². The van der Waals surface area contributed by atoms with Gasteiger partial charge in [0.15, 0.2) is 0 Å². The number of nitrogens with zero attached hydrogens (tertiary/aromatic N) is 1. The summed E-state index contributed by atoms with van der Waals surface area (Å²) >= 11 is 0. The minimum Gasteiger partial charge on any atom is -0.329 e. The molecule has 0 aliphatic rings. The zero-order valence-corrected chi connectivity index (χ0v) is 13.4. The van der Waals surface area contributed by atoms with Crippen molar-refractivity contribution in [3.63, 3.8) is 0 Å². The number of benzene rings is 1. The van der Waals surface area contributed by atoms with Crippen LogP contribution in [0.4, 0.5) is 0 Å². The predicted octanol–water partition coefficient (Wildman–Crippen LogP) is 2.40. The van der Waals surface area contributed by atoms with Crippen molar-refractivity contribution in [1.82, 2.24) is 10.2 Å². The molecule has 1 unspecified atom stereocenters. The summed E-state index contributed by atoms with van der Waals surface area (Å²) in [5, 5.41) is 3.50. The van der Waals surface area contributed by atoms with Gasteiger partial charge in [-0.1, -0.05) is 45.0 Å². The van der Waals surface area contributed by atoms with Gasteiger partial charge >= 0.3 is 0 Å². The molecule has 3 heteroatoms. The maximum atomic E-state index is 5.55. The van der Waals surface area contributed by atoms with E-state index in [1.165, 1.54) is 11.1 Å². The zero-order valence-electron chi connectivity index (χ0n) is 13.4. The Morgan fingerprint density at radius 1 is 1.05 bits per heavy atom. The summed E-state index contributed by atoms with van der Waals surface area (Å²) < 4.78 is 0. The van der Waals surface area contributed by atoms with Crippen LogP contribution in [0.2, 0.25) is 0 Å². The average molecular weight is 277 g/mol. The van der Waals surface area contributed by atoms with Gasteiger partial charge in [0.05, 0.1) is 0 Å². The second-order valence-corrected chi connectivity index (χ2v) is 5.33. The SMILES string of the molecule is CCC(Cc1ccc(CN(CC)CC)cc1)NCCN. The molecule has 0 heterocycles. The lowest BCUT2D eigenvalue weighted by Gasteiger charge is -2.19. The Balaban J connectivity index is 2.52. The molecule has 0 spiro atoms. The molecule has 3 nitrogen and oxygen atoms in total. The van der Waals surface area contributed by atoms with E-state index in [4.69, 9.17) is 5.73 Å². The van der Waals surface area contributed by atoms with E-state index in [0.717, 1.165) is 39.0 Å². The molecule has 0 fully saturated rings. The van der Waals surface area contributed by atoms with Crippen LogP contribution in [0.3, 0.4) is 0 Å². The second kappa shape index (κ2) is 9.92. The Morgan fingerprint density at radius 2 is 1.65 bits per heavy atom. The van der Waals surface area contributed by atoms with Gasteiger partial charge in [-0.05, 0) is 37.1 Å². The minimum absolute atomic E-state index is 0.534. The monoisotopic (exact) mass is 277 g/mol. The highest BCUT2D eigenvalue weighted by atomic mass is 15.1. The first-order valence-electron chi connectivity index (χ1n) is 7.97. The van der Waals surface area contributed by atoms with E-state index in [0.29, 0.717) is 12.6 Å². The Bertz CT molecular complexity index is 344. The molecule has 3 N–H and O–H groups in total. The Hall–Kier alpha value is -0.900. The van der Waals surface area contributed by atoms with Gasteiger partial charge in [0.2, 0.25) is 0 Å². The molecule has 0 amide bonds. The third-order valence-electron chi connectivity index (χ3n) is 3.88. The number of nitrogens with one attached hydrogen (secondary N) is 1. The van der Waals surface area contributed by atoms with Crippen molar-refractivity contribution in [3.05, 3.63) is 35.4 Å². The molecule has 1 aromatic rings. The van der Waals surface area contributed by atoms with Gasteiger partial charge in [0, 0.05) is 25.7 Å². The molecular weight excluding hydrogens is 246 g/mol. The molecule has 1 rings (SSSR count). The normalized spacial score (nSPS) is 12.8. The van der Waals surface area contributed by atoms with Crippen molar-refractivity contribution >= 4 is 0 Å². The minimum atomic E-state index is 0.534. The summed E-state index contributed by atoms with van der Waals surface area (Å²) in [4.78, 5) is 2.44. The van der Waals surface area contributed by atoms with Crippen molar-refractivity contribution in [2.75, 3.05) is 26.2 Å². The molecule has 114 valence electrons. The highest BCUT2D eigenvalue weighted by molar-refractivity contribution is 5.23. The van der Waals surface area contributed by atoms with E-state index in [-0.39, 0.29) is 0 Å². The molecular formula is C17H31N3. The standard InChI is InChI=1S/C17H31N3/c1-4-17(19-12-11-18)13-15-7-9-16(10-8-15)14-20(5-2)6-3/h7-10,17,19H,4-6,11-14,18H2,1-3H3. The third-order valence-corrected chi connectivity index (χ3v) is 3.88. The molecule has 0 saturated carbocycles. The first-order valence-corrected chi connectivity index (χ1v) is 7.97. The highest BCUT2D eigenvalue weighted by Crippen LogP contribution is 2.10. The maximum Gasteiger partial charge on any atom is 0.0233 e. The van der Waals surface area contributed by atoms with Gasteiger partial charge < -0.3 is 11.1 Å². The van der Waals surface area contributed by atoms with Crippen LogP contribution in [0.1, 0.15) is 38.3 Å². The molecule has 1 atom stereocenters. The largest absolute Gasteiger partial charge is 0.329 e. The van der Waals surface area contributed by atoms with Gasteiger partial charge in [-0.25, -0.2) is 0 Å². The molecule has 20 heavy (non-hydrogen) atoms. The van der Waals surface area contributed by atoms with Crippen LogP contribution in [-0.2, 0) is 13.0 Å². The van der Waals surface area contributed by atoms with Gasteiger partial charge in [-0.3, -0.25) is 4.90 Å². The topological polar surface area (TPSA) is 41.3 Å². The van der Waals surface area contributed by atoms with Crippen molar-refractivity contribution in [2.45, 2.75) is 46.2 Å². The van der Waals surface area contributed by atoms with E-state index in [1.807, 2.05) is 0 Å². The molecule has 0 bridgehead atoms. The van der Waals surface area contributed by atoms with Crippen LogP contribution < -0.4 is 11.1 Å². The molecule has 0 saturated heterocycles. The fraction of sp³-hybridized carbons (Fsp3) is 0.647. The van der Waals surface area contributed by atoms with Crippen LogP contribution in [0.5, 0.6) is 0 Å². The molecule has 1 aromatic carbocycles. The molecule has 0 radical (unpaired) electrons. The highest BCUT2D eigenvalue weighted by Gasteiger charge is 2.07. The van der Waals surface area contributed by atoms with E-state index in [2.05, 4.69) is 55.3 Å². The number of hydrogen-bond acceptors (Lipinski definition) is 3. The second-order valence-electron chi connectivity index (χ2n) is 5.33. The fourth-order valence-corrected chi connectivity index (χ4v) is 2.42. The fourth-order valence-electron chi connectivity index (χ4n) is 2.42. The first-order chi connectivity index (χ1) is 9.73. The number of hydrogen-bond donors (Lipinski definition) is 2. The van der Waals surface area contributed by atoms with Crippen LogP contribution >= 0.6 is 0 Å². The molecule has 0 aliphatic heterocycles. The zero-order chi connectivity index (χ0) is 14.8. The molecule has 0 aromatic heterocycles. The van der Waals surface area contributed by atoms with Crippen molar-refractivity contribution < 1.29 is 0 Å². The number of rotatable bonds is 10. The number of nitrogens with two attached hydrogens (primary N) is 1. The van der Waals surface area contributed by atoms with Gasteiger partial charge in [0.1, 0.15) is 0 Å². The van der Waals surface area contributed by atoms with Gasteiger partial charge in [-0.15, -0.1) is 0 Å². The Kier molecular flexibility index (Phi) is 8.51. The van der Waals surface area contributed by atoms with Crippen molar-refractivity contribution in [3.8, 4) is 0 Å². The lowest BCUT2D eigenvalue weighted by molar-refractivity contribution is 0.296. The summed E-state index contributed by atoms with van der Waals surface area (Å²) in [7, 11) is 0. The van der Waals surface area contributed by atoms with Crippen LogP contribution in [0.15, 0.2) is 24.3 Å². The van der Waals surface area contributed by atoms with E-state index in [1.54, 1.807) is 0 Å². The summed E-state index contributed by atoms with van der Waals surface area (Å²) in [5.74, 6) is 0. The van der Waals surface area contributed by atoms with Crippen LogP contribution in [0.25, 0.3) is 0 Å². The summed E-state index contributed by atoms with van der Waals surface area (Å²) in [5.41, 5.74) is 8.36. The van der Waals surface area contributed by atoms with Crippen LogP contribution in [-0.4, -0.2) is 37.1 Å². The predicted molar refractivity (Wildman–Crippen MR) is 87.9 cm³/mol.